The van der Waals surface area contributed by atoms with Crippen molar-refractivity contribution in [3.8, 4) is 11.9 Å². The molecule has 0 bridgehead atoms. The number of hydrogen-bond acceptors (Lipinski definition) is 4. The molecule has 1 fully saturated rings. The van der Waals surface area contributed by atoms with Crippen molar-refractivity contribution in [2.45, 2.75) is 18.9 Å². The Morgan fingerprint density at radius 3 is 2.75 bits per heavy atom. The van der Waals surface area contributed by atoms with E-state index >= 15 is 0 Å². The molecule has 1 aliphatic rings. The molecule has 1 aromatic heterocycles. The summed E-state index contributed by atoms with van der Waals surface area (Å²) >= 11 is 0. The molecule has 1 aromatic carbocycles. The largest absolute Gasteiger partial charge is 0.474 e. The molecule has 1 N–H and O–H groups in total. The van der Waals surface area contributed by atoms with Crippen molar-refractivity contribution in [3.63, 3.8) is 0 Å². The molecule has 2 unspecified atom stereocenters. The Morgan fingerprint density at radius 2 is 2.08 bits per heavy atom. The van der Waals surface area contributed by atoms with E-state index in [1.807, 2.05) is 13.0 Å². The summed E-state index contributed by atoms with van der Waals surface area (Å²) in [4.78, 5) is 4.11. The number of aromatic nitrogens is 1. The van der Waals surface area contributed by atoms with Crippen LogP contribution in [0.2, 0.25) is 0 Å². The van der Waals surface area contributed by atoms with Crippen LogP contribution in [0.3, 0.4) is 0 Å². The van der Waals surface area contributed by atoms with Gasteiger partial charge in [0.05, 0.1) is 5.56 Å². The van der Waals surface area contributed by atoms with Gasteiger partial charge in [-0.05, 0) is 30.7 Å². The molecule has 2 aromatic rings. The first-order valence-electron chi connectivity index (χ1n) is 7.77. The van der Waals surface area contributed by atoms with E-state index in [0.29, 0.717) is 18.0 Å². The highest BCUT2D eigenvalue weighted by Gasteiger charge is 2.34. The molecule has 0 spiro atoms. The molecular formula is C18H17F2N3O. The molecule has 2 heterocycles. The first-order chi connectivity index (χ1) is 11.6. The minimum atomic E-state index is -0.840. The van der Waals surface area contributed by atoms with Crippen molar-refractivity contribution in [1.82, 2.24) is 10.3 Å². The van der Waals surface area contributed by atoms with Gasteiger partial charge in [0.2, 0.25) is 5.88 Å². The summed E-state index contributed by atoms with van der Waals surface area (Å²) in [7, 11) is 0. The van der Waals surface area contributed by atoms with Gasteiger partial charge in [0.1, 0.15) is 12.2 Å². The molecule has 0 aliphatic carbocycles. The van der Waals surface area contributed by atoms with Crippen LogP contribution in [0.1, 0.15) is 24.0 Å². The molecule has 0 saturated carbocycles. The highest BCUT2D eigenvalue weighted by molar-refractivity contribution is 5.28. The molecule has 0 amide bonds. The normalized spacial score (nSPS) is 21.2. The topological polar surface area (TPSA) is 57.9 Å². The summed E-state index contributed by atoms with van der Waals surface area (Å²) in [5.41, 5.74) is 1.23. The predicted octanol–water partition coefficient (Wildman–Crippen LogP) is 3.00. The Bertz CT molecular complexity index is 758. The summed E-state index contributed by atoms with van der Waals surface area (Å²) in [6.07, 6.45) is 1.29. The van der Waals surface area contributed by atoms with Gasteiger partial charge in [0.15, 0.2) is 11.6 Å². The smallest absolute Gasteiger partial charge is 0.213 e. The van der Waals surface area contributed by atoms with Gasteiger partial charge in [-0.15, -0.1) is 0 Å². The number of nitriles is 1. The third-order valence-corrected chi connectivity index (χ3v) is 4.41. The maximum Gasteiger partial charge on any atom is 0.213 e. The molecule has 6 heteroatoms. The second-order valence-electron chi connectivity index (χ2n) is 5.92. The number of halogens is 2. The summed E-state index contributed by atoms with van der Waals surface area (Å²) in [5.74, 6) is -1.09. The maximum absolute atomic E-state index is 13.5. The van der Waals surface area contributed by atoms with Gasteiger partial charge in [-0.25, -0.2) is 13.8 Å². The number of benzene rings is 1. The van der Waals surface area contributed by atoms with Crippen LogP contribution < -0.4 is 10.1 Å². The van der Waals surface area contributed by atoms with Crippen molar-refractivity contribution >= 4 is 0 Å². The summed E-state index contributed by atoms with van der Waals surface area (Å²) in [6.45, 7) is 3.34. The fourth-order valence-corrected chi connectivity index (χ4v) is 3.09. The lowest BCUT2D eigenvalue weighted by atomic mass is 9.85. The summed E-state index contributed by atoms with van der Waals surface area (Å²) in [5, 5.41) is 12.1. The predicted molar refractivity (Wildman–Crippen MR) is 84.5 cm³/mol. The maximum atomic E-state index is 13.5. The number of nitrogens with one attached hydrogen (secondary N) is 1. The van der Waals surface area contributed by atoms with Crippen molar-refractivity contribution in [2.75, 3.05) is 13.1 Å². The fourth-order valence-electron chi connectivity index (χ4n) is 3.09. The summed E-state index contributed by atoms with van der Waals surface area (Å²) in [6, 6.07) is 9.35. The second-order valence-corrected chi connectivity index (χ2v) is 5.92. The zero-order chi connectivity index (χ0) is 17.1. The minimum Gasteiger partial charge on any atom is -0.474 e. The van der Waals surface area contributed by atoms with Gasteiger partial charge < -0.3 is 10.1 Å². The van der Waals surface area contributed by atoms with Crippen LogP contribution in [0.25, 0.3) is 0 Å². The minimum absolute atomic E-state index is 0.0356. The number of nitrogens with zero attached hydrogens (tertiary/aromatic N) is 2. The van der Waals surface area contributed by atoms with E-state index in [-0.39, 0.29) is 17.9 Å². The third-order valence-electron chi connectivity index (χ3n) is 4.41. The van der Waals surface area contributed by atoms with Crippen molar-refractivity contribution in [1.29, 1.82) is 5.26 Å². The first kappa shape index (κ1) is 16.3. The Hall–Kier alpha value is -2.52. The van der Waals surface area contributed by atoms with Gasteiger partial charge >= 0.3 is 0 Å². The molecule has 124 valence electrons. The number of ether oxygens (including phenoxy) is 1. The third kappa shape index (κ3) is 3.36. The molecular weight excluding hydrogens is 312 g/mol. The van der Waals surface area contributed by atoms with E-state index in [9.17, 15) is 8.78 Å². The van der Waals surface area contributed by atoms with Crippen molar-refractivity contribution in [3.05, 3.63) is 59.3 Å². The van der Waals surface area contributed by atoms with E-state index in [4.69, 9.17) is 10.00 Å². The molecule has 4 nitrogen and oxygen atoms in total. The van der Waals surface area contributed by atoms with Gasteiger partial charge in [0, 0.05) is 37.2 Å². The van der Waals surface area contributed by atoms with E-state index in [1.54, 1.807) is 18.2 Å². The Balaban J connectivity index is 1.74. The van der Waals surface area contributed by atoms with Crippen LogP contribution in [-0.2, 0) is 0 Å². The fraction of sp³-hybridized carbons (Fsp3) is 0.333. The van der Waals surface area contributed by atoms with Gasteiger partial charge in [-0.3, -0.25) is 0 Å². The standard InChI is InChI=1S/C18H17F2N3O/c1-11(24-18-5-2-12(7-21)8-23-18)14-9-22-10-15(14)13-3-4-16(19)17(20)6-13/h2-6,8,11,14-15,22H,9-10H2,1H3/t11-,14?,15?/m0/s1. The summed E-state index contributed by atoms with van der Waals surface area (Å²) < 4.78 is 32.5. The Morgan fingerprint density at radius 1 is 1.25 bits per heavy atom. The van der Waals surface area contributed by atoms with Crippen LogP contribution in [0.5, 0.6) is 5.88 Å². The van der Waals surface area contributed by atoms with E-state index in [0.717, 1.165) is 18.2 Å². The van der Waals surface area contributed by atoms with Crippen LogP contribution in [0, 0.1) is 28.9 Å². The highest BCUT2D eigenvalue weighted by Crippen LogP contribution is 2.32. The lowest BCUT2D eigenvalue weighted by Crippen LogP contribution is -2.29. The van der Waals surface area contributed by atoms with E-state index < -0.39 is 11.6 Å². The van der Waals surface area contributed by atoms with Crippen LogP contribution >= 0.6 is 0 Å². The first-order valence-corrected chi connectivity index (χ1v) is 7.77. The van der Waals surface area contributed by atoms with Gasteiger partial charge in [-0.1, -0.05) is 6.07 Å². The molecule has 24 heavy (non-hydrogen) atoms. The van der Waals surface area contributed by atoms with Crippen LogP contribution in [0.15, 0.2) is 36.5 Å². The zero-order valence-corrected chi connectivity index (χ0v) is 13.2. The lowest BCUT2D eigenvalue weighted by molar-refractivity contribution is 0.145. The molecule has 1 aliphatic heterocycles. The second kappa shape index (κ2) is 6.93. The Kier molecular flexibility index (Phi) is 4.72. The SMILES string of the molecule is C[C@H](Oc1ccc(C#N)cn1)C1CNCC1c1ccc(F)c(F)c1. The van der Waals surface area contributed by atoms with Crippen LogP contribution in [-0.4, -0.2) is 24.2 Å². The zero-order valence-electron chi connectivity index (χ0n) is 13.2. The molecule has 1 saturated heterocycles. The number of rotatable bonds is 4. The monoisotopic (exact) mass is 329 g/mol. The van der Waals surface area contributed by atoms with Gasteiger partial charge in [-0.2, -0.15) is 5.26 Å². The highest BCUT2D eigenvalue weighted by atomic mass is 19.2. The average molecular weight is 329 g/mol. The van der Waals surface area contributed by atoms with Crippen LogP contribution in [0.4, 0.5) is 8.78 Å². The van der Waals surface area contributed by atoms with Crippen molar-refractivity contribution in [2.24, 2.45) is 5.92 Å². The van der Waals surface area contributed by atoms with E-state index in [2.05, 4.69) is 10.3 Å². The molecule has 3 atom stereocenters. The molecule has 0 radical (unpaired) electrons. The lowest BCUT2D eigenvalue weighted by Gasteiger charge is -2.25. The average Bonchev–Trinajstić information content (AvgIpc) is 3.08. The number of pyridine rings is 1. The molecule has 3 rings (SSSR count). The number of hydrogen-bond donors (Lipinski definition) is 1. The van der Waals surface area contributed by atoms with E-state index in [1.165, 1.54) is 12.3 Å². The Labute approximate surface area is 139 Å². The van der Waals surface area contributed by atoms with Gasteiger partial charge in [0.25, 0.3) is 0 Å². The quantitative estimate of drug-likeness (QED) is 0.937. The van der Waals surface area contributed by atoms with Crippen molar-refractivity contribution < 1.29 is 13.5 Å².